The SMILES string of the molecule is CCNC(=NCC(C)(O)c1ccco1)NCC(c1cccs1)N(C)C. The normalized spacial score (nSPS) is 15.8. The number of hydrogen-bond donors (Lipinski definition) is 3. The Morgan fingerprint density at radius 2 is 2.16 bits per heavy atom. The molecule has 0 spiro atoms. The molecule has 2 heterocycles. The van der Waals surface area contributed by atoms with Crippen LogP contribution in [0.2, 0.25) is 0 Å². The van der Waals surface area contributed by atoms with Crippen LogP contribution in [0.3, 0.4) is 0 Å². The van der Waals surface area contributed by atoms with Crippen molar-refractivity contribution in [3.63, 3.8) is 0 Å². The van der Waals surface area contributed by atoms with Gasteiger partial charge in [-0.05, 0) is 51.5 Å². The summed E-state index contributed by atoms with van der Waals surface area (Å²) in [5.74, 6) is 1.19. The Morgan fingerprint density at radius 1 is 1.36 bits per heavy atom. The minimum Gasteiger partial charge on any atom is -0.466 e. The van der Waals surface area contributed by atoms with Crippen LogP contribution in [0.25, 0.3) is 0 Å². The third kappa shape index (κ3) is 5.59. The van der Waals surface area contributed by atoms with E-state index in [4.69, 9.17) is 4.42 Å². The molecule has 0 aromatic carbocycles. The maximum absolute atomic E-state index is 10.5. The van der Waals surface area contributed by atoms with E-state index in [-0.39, 0.29) is 12.6 Å². The van der Waals surface area contributed by atoms with E-state index in [1.165, 1.54) is 4.88 Å². The number of nitrogens with zero attached hydrogens (tertiary/aromatic N) is 2. The van der Waals surface area contributed by atoms with Gasteiger partial charge in [0.2, 0.25) is 0 Å². The van der Waals surface area contributed by atoms with Gasteiger partial charge < -0.3 is 25.1 Å². The van der Waals surface area contributed by atoms with Gasteiger partial charge in [0.25, 0.3) is 0 Å². The lowest BCUT2D eigenvalue weighted by atomic mass is 10.0. The Bertz CT molecular complexity index is 636. The molecule has 0 aliphatic heterocycles. The fourth-order valence-electron chi connectivity index (χ4n) is 2.45. The average Bonchev–Trinajstić information content (AvgIpc) is 3.26. The van der Waals surface area contributed by atoms with Crippen molar-refractivity contribution < 1.29 is 9.52 Å². The predicted octanol–water partition coefficient (Wildman–Crippen LogP) is 2.41. The van der Waals surface area contributed by atoms with E-state index >= 15 is 0 Å². The molecule has 2 aromatic heterocycles. The van der Waals surface area contributed by atoms with Crippen LogP contribution in [0.5, 0.6) is 0 Å². The van der Waals surface area contributed by atoms with Gasteiger partial charge in [0, 0.05) is 18.0 Å². The molecule has 0 aliphatic rings. The van der Waals surface area contributed by atoms with Crippen LogP contribution in [-0.4, -0.2) is 49.7 Å². The van der Waals surface area contributed by atoms with Crippen LogP contribution in [0.1, 0.15) is 30.5 Å². The van der Waals surface area contributed by atoms with E-state index in [0.29, 0.717) is 11.7 Å². The molecule has 2 atom stereocenters. The Balaban J connectivity index is 2.02. The van der Waals surface area contributed by atoms with Crippen molar-refractivity contribution >= 4 is 17.3 Å². The number of hydrogen-bond acceptors (Lipinski definition) is 5. The van der Waals surface area contributed by atoms with Crippen LogP contribution >= 0.6 is 11.3 Å². The average molecular weight is 365 g/mol. The fourth-order valence-corrected chi connectivity index (χ4v) is 3.37. The van der Waals surface area contributed by atoms with Crippen molar-refractivity contribution in [3.8, 4) is 0 Å². The molecule has 2 unspecified atom stereocenters. The van der Waals surface area contributed by atoms with Crippen molar-refractivity contribution in [2.75, 3.05) is 33.7 Å². The number of aliphatic hydroxyl groups is 1. The van der Waals surface area contributed by atoms with Gasteiger partial charge in [-0.25, -0.2) is 4.99 Å². The molecule has 2 rings (SSSR count). The molecule has 0 fully saturated rings. The zero-order valence-corrected chi connectivity index (χ0v) is 16.1. The first kappa shape index (κ1) is 19.5. The summed E-state index contributed by atoms with van der Waals surface area (Å²) in [6, 6.07) is 7.99. The Hall–Kier alpha value is -1.83. The monoisotopic (exact) mass is 364 g/mol. The van der Waals surface area contributed by atoms with Crippen LogP contribution in [-0.2, 0) is 5.60 Å². The van der Waals surface area contributed by atoms with Crippen molar-refractivity contribution in [2.24, 2.45) is 4.99 Å². The number of nitrogens with one attached hydrogen (secondary N) is 2. The lowest BCUT2D eigenvalue weighted by Gasteiger charge is -2.25. The Morgan fingerprint density at radius 3 is 2.72 bits per heavy atom. The fraction of sp³-hybridized carbons (Fsp3) is 0.500. The molecule has 25 heavy (non-hydrogen) atoms. The summed E-state index contributed by atoms with van der Waals surface area (Å²) >= 11 is 1.75. The molecule has 2 aromatic rings. The van der Waals surface area contributed by atoms with Gasteiger partial charge >= 0.3 is 0 Å². The molecule has 0 saturated carbocycles. The highest BCUT2D eigenvalue weighted by atomic mass is 32.1. The number of likely N-dealkylation sites (N-methyl/N-ethyl adjacent to an activating group) is 1. The molecular formula is C18H28N4O2S. The number of thiophene rings is 1. The highest BCUT2D eigenvalue weighted by molar-refractivity contribution is 7.10. The van der Waals surface area contributed by atoms with E-state index in [1.807, 2.05) is 6.92 Å². The standard InChI is InChI=1S/C18H28N4O2S/c1-5-19-17(21-13-18(2,23)16-9-6-10-24-16)20-12-14(22(3)4)15-8-7-11-25-15/h6-11,14,23H,5,12-13H2,1-4H3,(H2,19,20,21). The molecule has 0 aliphatic carbocycles. The highest BCUT2D eigenvalue weighted by Gasteiger charge is 2.26. The number of rotatable bonds is 8. The molecule has 0 radical (unpaired) electrons. The third-order valence-electron chi connectivity index (χ3n) is 3.90. The summed E-state index contributed by atoms with van der Waals surface area (Å²) in [4.78, 5) is 8.01. The molecule has 0 bridgehead atoms. The molecule has 138 valence electrons. The van der Waals surface area contributed by atoms with Crippen molar-refractivity contribution in [1.29, 1.82) is 0 Å². The maximum Gasteiger partial charge on any atom is 0.191 e. The zero-order chi connectivity index (χ0) is 18.3. The van der Waals surface area contributed by atoms with Gasteiger partial charge in [0.15, 0.2) is 5.96 Å². The van der Waals surface area contributed by atoms with E-state index in [2.05, 4.69) is 52.1 Å². The van der Waals surface area contributed by atoms with Crippen molar-refractivity contribution in [3.05, 3.63) is 46.5 Å². The van der Waals surface area contributed by atoms with Gasteiger partial charge in [-0.2, -0.15) is 0 Å². The minimum absolute atomic E-state index is 0.210. The van der Waals surface area contributed by atoms with Crippen molar-refractivity contribution in [2.45, 2.75) is 25.5 Å². The van der Waals surface area contributed by atoms with Crippen LogP contribution in [0.15, 0.2) is 45.3 Å². The second-order valence-electron chi connectivity index (χ2n) is 6.32. The second-order valence-corrected chi connectivity index (χ2v) is 7.30. The lowest BCUT2D eigenvalue weighted by molar-refractivity contribution is 0.0437. The summed E-state index contributed by atoms with van der Waals surface area (Å²) in [5.41, 5.74) is -1.14. The molecule has 0 saturated heterocycles. The number of guanidine groups is 1. The molecule has 0 amide bonds. The van der Waals surface area contributed by atoms with Crippen LogP contribution < -0.4 is 10.6 Å². The maximum atomic E-state index is 10.5. The first-order chi connectivity index (χ1) is 11.9. The molecule has 3 N–H and O–H groups in total. The Labute approximate surface area is 153 Å². The first-order valence-electron chi connectivity index (χ1n) is 8.42. The lowest BCUT2D eigenvalue weighted by Crippen LogP contribution is -2.42. The van der Waals surface area contributed by atoms with Crippen LogP contribution in [0.4, 0.5) is 0 Å². The van der Waals surface area contributed by atoms with Gasteiger partial charge in [0.05, 0.1) is 18.8 Å². The number of furan rings is 1. The second kappa shape index (κ2) is 9.03. The van der Waals surface area contributed by atoms with Gasteiger partial charge in [0.1, 0.15) is 11.4 Å². The molecule has 6 nitrogen and oxygen atoms in total. The zero-order valence-electron chi connectivity index (χ0n) is 15.3. The summed E-state index contributed by atoms with van der Waals surface area (Å²) in [5, 5.41) is 19.2. The van der Waals surface area contributed by atoms with Crippen LogP contribution in [0, 0.1) is 0 Å². The third-order valence-corrected chi connectivity index (χ3v) is 4.87. The number of aliphatic imine (C=N–C) groups is 1. The first-order valence-corrected chi connectivity index (χ1v) is 9.30. The van der Waals surface area contributed by atoms with Crippen molar-refractivity contribution in [1.82, 2.24) is 15.5 Å². The summed E-state index contributed by atoms with van der Waals surface area (Å²) < 4.78 is 5.30. The van der Waals surface area contributed by atoms with E-state index < -0.39 is 5.60 Å². The van der Waals surface area contributed by atoms with Gasteiger partial charge in [-0.3, -0.25) is 0 Å². The largest absolute Gasteiger partial charge is 0.466 e. The summed E-state index contributed by atoms with van der Waals surface area (Å²) in [7, 11) is 4.13. The van der Waals surface area contributed by atoms with E-state index in [9.17, 15) is 5.11 Å². The van der Waals surface area contributed by atoms with E-state index in [0.717, 1.165) is 13.1 Å². The highest BCUT2D eigenvalue weighted by Crippen LogP contribution is 2.23. The summed E-state index contributed by atoms with van der Waals surface area (Å²) in [6.07, 6.45) is 1.56. The smallest absolute Gasteiger partial charge is 0.191 e. The Kier molecular flexibility index (Phi) is 7.04. The quantitative estimate of drug-likeness (QED) is 0.496. The van der Waals surface area contributed by atoms with Gasteiger partial charge in [-0.15, -0.1) is 11.3 Å². The topological polar surface area (TPSA) is 73.0 Å². The summed E-state index contributed by atoms with van der Waals surface area (Å²) in [6.45, 7) is 5.40. The molecule has 7 heteroatoms. The minimum atomic E-state index is -1.14. The molecular weight excluding hydrogens is 336 g/mol. The van der Waals surface area contributed by atoms with Gasteiger partial charge in [-0.1, -0.05) is 6.07 Å². The van der Waals surface area contributed by atoms with E-state index in [1.54, 1.807) is 36.7 Å². The predicted molar refractivity (Wildman–Crippen MR) is 103 cm³/mol.